The molecule has 2 heterocycles. The highest BCUT2D eigenvalue weighted by Gasteiger charge is 2.05. The van der Waals surface area contributed by atoms with Gasteiger partial charge in [-0.05, 0) is 11.6 Å². The maximum Gasteiger partial charge on any atom is 0.307 e. The summed E-state index contributed by atoms with van der Waals surface area (Å²) in [7, 11) is 1.83. The maximum absolute atomic E-state index is 10.6. The molecule has 2 aromatic heterocycles. The molecule has 0 fully saturated rings. The number of aliphatic carboxylic acids is 1. The van der Waals surface area contributed by atoms with Crippen molar-refractivity contribution < 1.29 is 9.90 Å². The van der Waals surface area contributed by atoms with Crippen LogP contribution in [0.5, 0.6) is 0 Å². The number of aromatic nitrogens is 3. The fourth-order valence-electron chi connectivity index (χ4n) is 1.49. The monoisotopic (exact) mass is 217 g/mol. The molecule has 82 valence electrons. The quantitative estimate of drug-likeness (QED) is 0.836. The van der Waals surface area contributed by atoms with E-state index in [2.05, 4.69) is 10.1 Å². The highest BCUT2D eigenvalue weighted by atomic mass is 16.4. The zero-order valence-corrected chi connectivity index (χ0v) is 8.79. The Bertz CT molecular complexity index is 519. The Morgan fingerprint density at radius 2 is 2.19 bits per heavy atom. The summed E-state index contributed by atoms with van der Waals surface area (Å²) in [6.45, 7) is 0. The van der Waals surface area contributed by atoms with Crippen molar-refractivity contribution in [2.45, 2.75) is 6.42 Å². The zero-order chi connectivity index (χ0) is 11.5. The van der Waals surface area contributed by atoms with Crippen molar-refractivity contribution in [2.75, 3.05) is 0 Å². The number of rotatable bonds is 3. The van der Waals surface area contributed by atoms with Gasteiger partial charge in [0, 0.05) is 36.8 Å². The molecule has 0 aliphatic rings. The van der Waals surface area contributed by atoms with Crippen molar-refractivity contribution in [1.82, 2.24) is 14.8 Å². The van der Waals surface area contributed by atoms with Crippen LogP contribution in [0.25, 0.3) is 11.1 Å². The molecule has 0 amide bonds. The standard InChI is InChI=1S/C11H11N3O2/c1-14-7-10(6-13-14)9-2-8(3-11(15)16)4-12-5-9/h2,4-7H,3H2,1H3,(H,15,16). The van der Waals surface area contributed by atoms with Gasteiger partial charge in [0.05, 0.1) is 12.6 Å². The minimum absolute atomic E-state index is 0.0128. The van der Waals surface area contributed by atoms with Crippen molar-refractivity contribution in [3.63, 3.8) is 0 Å². The first-order valence-corrected chi connectivity index (χ1v) is 4.80. The molecule has 0 atom stereocenters. The van der Waals surface area contributed by atoms with Gasteiger partial charge in [-0.15, -0.1) is 0 Å². The molecule has 5 heteroatoms. The molecular weight excluding hydrogens is 206 g/mol. The SMILES string of the molecule is Cn1cc(-c2cncc(CC(=O)O)c2)cn1. The average Bonchev–Trinajstić information content (AvgIpc) is 2.64. The predicted octanol–water partition coefficient (Wildman–Crippen LogP) is 1.11. The van der Waals surface area contributed by atoms with Crippen LogP contribution in [0.2, 0.25) is 0 Å². The lowest BCUT2D eigenvalue weighted by atomic mass is 10.1. The summed E-state index contributed by atoms with van der Waals surface area (Å²) in [5.74, 6) is -0.856. The molecule has 0 aromatic carbocycles. The first-order valence-electron chi connectivity index (χ1n) is 4.80. The molecule has 1 N–H and O–H groups in total. The zero-order valence-electron chi connectivity index (χ0n) is 8.79. The fourth-order valence-corrected chi connectivity index (χ4v) is 1.49. The van der Waals surface area contributed by atoms with E-state index in [1.807, 2.05) is 19.3 Å². The molecule has 0 saturated heterocycles. The van der Waals surface area contributed by atoms with Gasteiger partial charge in [-0.3, -0.25) is 14.5 Å². The van der Waals surface area contributed by atoms with Crippen LogP contribution in [-0.4, -0.2) is 25.8 Å². The number of carboxylic acids is 1. The molecule has 0 saturated carbocycles. The number of carbonyl (C=O) groups is 1. The summed E-state index contributed by atoms with van der Waals surface area (Å²) in [6.07, 6.45) is 6.83. The normalized spacial score (nSPS) is 10.3. The highest BCUT2D eigenvalue weighted by Crippen LogP contribution is 2.18. The Morgan fingerprint density at radius 3 is 2.81 bits per heavy atom. The van der Waals surface area contributed by atoms with Crippen LogP contribution in [-0.2, 0) is 18.3 Å². The summed E-state index contributed by atoms with van der Waals surface area (Å²) in [5.41, 5.74) is 2.50. The maximum atomic E-state index is 10.6. The van der Waals surface area contributed by atoms with Gasteiger partial charge in [-0.2, -0.15) is 5.10 Å². The summed E-state index contributed by atoms with van der Waals surface area (Å²) in [6, 6.07) is 1.82. The first-order chi connectivity index (χ1) is 7.65. The van der Waals surface area contributed by atoms with E-state index in [9.17, 15) is 4.79 Å². The Labute approximate surface area is 92.4 Å². The van der Waals surface area contributed by atoms with Gasteiger partial charge < -0.3 is 5.11 Å². The molecule has 0 bridgehead atoms. The second kappa shape index (κ2) is 4.14. The minimum atomic E-state index is -0.856. The van der Waals surface area contributed by atoms with Gasteiger partial charge in [-0.1, -0.05) is 0 Å². The van der Waals surface area contributed by atoms with Crippen LogP contribution in [0, 0.1) is 0 Å². The molecule has 0 spiro atoms. The van der Waals surface area contributed by atoms with Crippen molar-refractivity contribution in [1.29, 1.82) is 0 Å². The average molecular weight is 217 g/mol. The smallest absolute Gasteiger partial charge is 0.307 e. The van der Waals surface area contributed by atoms with E-state index < -0.39 is 5.97 Å². The van der Waals surface area contributed by atoms with Crippen LogP contribution in [0.3, 0.4) is 0 Å². The van der Waals surface area contributed by atoms with E-state index >= 15 is 0 Å². The van der Waals surface area contributed by atoms with E-state index in [4.69, 9.17) is 5.11 Å². The van der Waals surface area contributed by atoms with E-state index in [1.54, 1.807) is 23.3 Å². The number of hydrogen-bond donors (Lipinski definition) is 1. The third-order valence-electron chi connectivity index (χ3n) is 2.19. The molecule has 0 radical (unpaired) electrons. The number of nitrogens with zero attached hydrogens (tertiary/aromatic N) is 3. The number of hydrogen-bond acceptors (Lipinski definition) is 3. The van der Waals surface area contributed by atoms with Gasteiger partial charge in [0.1, 0.15) is 0 Å². The number of aryl methyl sites for hydroxylation is 1. The molecular formula is C11H11N3O2. The number of pyridine rings is 1. The van der Waals surface area contributed by atoms with Crippen molar-refractivity contribution >= 4 is 5.97 Å². The van der Waals surface area contributed by atoms with Crippen molar-refractivity contribution in [2.24, 2.45) is 7.05 Å². The lowest BCUT2D eigenvalue weighted by Gasteiger charge is -2.00. The highest BCUT2D eigenvalue weighted by molar-refractivity contribution is 5.71. The van der Waals surface area contributed by atoms with E-state index in [1.165, 1.54) is 0 Å². The summed E-state index contributed by atoms with van der Waals surface area (Å²) in [5, 5.41) is 12.7. The molecule has 0 aliphatic carbocycles. The third kappa shape index (κ3) is 2.25. The molecule has 16 heavy (non-hydrogen) atoms. The third-order valence-corrected chi connectivity index (χ3v) is 2.19. The van der Waals surface area contributed by atoms with Gasteiger partial charge in [-0.25, -0.2) is 0 Å². The fraction of sp³-hybridized carbons (Fsp3) is 0.182. The van der Waals surface area contributed by atoms with Crippen LogP contribution in [0.1, 0.15) is 5.56 Å². The largest absolute Gasteiger partial charge is 0.481 e. The van der Waals surface area contributed by atoms with Gasteiger partial charge >= 0.3 is 5.97 Å². The Hall–Kier alpha value is -2.17. The predicted molar refractivity (Wildman–Crippen MR) is 57.8 cm³/mol. The van der Waals surface area contributed by atoms with Crippen LogP contribution in [0.15, 0.2) is 30.9 Å². The lowest BCUT2D eigenvalue weighted by Crippen LogP contribution is -2.00. The van der Waals surface area contributed by atoms with Gasteiger partial charge in [0.15, 0.2) is 0 Å². The summed E-state index contributed by atoms with van der Waals surface area (Å²) < 4.78 is 1.69. The molecule has 2 rings (SSSR count). The van der Waals surface area contributed by atoms with Crippen molar-refractivity contribution in [3.05, 3.63) is 36.4 Å². The van der Waals surface area contributed by atoms with E-state index in [0.717, 1.165) is 11.1 Å². The molecule has 0 unspecified atom stereocenters. The Kier molecular flexibility index (Phi) is 2.68. The number of carboxylic acid groups (broad SMARTS) is 1. The van der Waals surface area contributed by atoms with Gasteiger partial charge in [0.25, 0.3) is 0 Å². The first kappa shape index (κ1) is 10.4. The van der Waals surface area contributed by atoms with Crippen LogP contribution < -0.4 is 0 Å². The Balaban J connectivity index is 2.32. The second-order valence-corrected chi connectivity index (χ2v) is 3.56. The van der Waals surface area contributed by atoms with E-state index in [-0.39, 0.29) is 6.42 Å². The lowest BCUT2D eigenvalue weighted by molar-refractivity contribution is -0.136. The van der Waals surface area contributed by atoms with Crippen LogP contribution >= 0.6 is 0 Å². The topological polar surface area (TPSA) is 68.0 Å². The molecule has 2 aromatic rings. The van der Waals surface area contributed by atoms with Crippen LogP contribution in [0.4, 0.5) is 0 Å². The summed E-state index contributed by atoms with van der Waals surface area (Å²) in [4.78, 5) is 14.6. The second-order valence-electron chi connectivity index (χ2n) is 3.56. The van der Waals surface area contributed by atoms with E-state index in [0.29, 0.717) is 5.56 Å². The minimum Gasteiger partial charge on any atom is -0.481 e. The van der Waals surface area contributed by atoms with Crippen molar-refractivity contribution in [3.8, 4) is 11.1 Å². The van der Waals surface area contributed by atoms with Gasteiger partial charge in [0.2, 0.25) is 0 Å². The summed E-state index contributed by atoms with van der Waals surface area (Å²) >= 11 is 0. The molecule has 0 aliphatic heterocycles. The molecule has 5 nitrogen and oxygen atoms in total. The Morgan fingerprint density at radius 1 is 1.38 bits per heavy atom.